The topological polar surface area (TPSA) is 112 Å². The molecular formula is C57H104O6. The number of ketones is 3. The SMILES string of the molecule is CCCCCCCCC=CCCCCCCCC(=O)C(O)(CO)C(O)(C(=O)CCCCCCCC=CCCCCCCCC)C(=O)CCCCCCCC=CCCCCCCCC. The molecule has 0 bridgehead atoms. The Hall–Kier alpha value is -1.89. The monoisotopic (exact) mass is 885 g/mol. The van der Waals surface area contributed by atoms with Crippen molar-refractivity contribution in [3.8, 4) is 0 Å². The smallest absolute Gasteiger partial charge is 0.219 e. The summed E-state index contributed by atoms with van der Waals surface area (Å²) in [5, 5.41) is 34.1. The van der Waals surface area contributed by atoms with E-state index in [0.29, 0.717) is 19.3 Å². The minimum Gasteiger partial charge on any atom is -0.393 e. The fraction of sp³-hybridized carbons (Fsp3) is 0.842. The van der Waals surface area contributed by atoms with E-state index in [9.17, 15) is 29.7 Å². The van der Waals surface area contributed by atoms with Gasteiger partial charge in [-0.05, 0) is 96.3 Å². The van der Waals surface area contributed by atoms with E-state index in [1.807, 2.05) is 0 Å². The third-order valence-electron chi connectivity index (χ3n) is 13.1. The molecule has 368 valence electrons. The summed E-state index contributed by atoms with van der Waals surface area (Å²) >= 11 is 0. The predicted molar refractivity (Wildman–Crippen MR) is 270 cm³/mol. The Labute approximate surface area is 390 Å². The van der Waals surface area contributed by atoms with Gasteiger partial charge in [-0.15, -0.1) is 0 Å². The molecule has 0 aromatic heterocycles. The standard InChI is InChI=1S/C57H104O6/c1-4-7-10-13-16-19-22-25-28-31-34-37-40-43-46-49-53(59)56(62,52-58)57(63,54(60)50-47-44-41-38-35-32-29-26-23-20-17-14-11-8-5-2)55(61)51-48-45-42-39-36-33-30-27-24-21-18-15-12-9-6-3/h25-30,58,62-63H,4-24,31-52H2,1-3H3. The number of hydrogen-bond acceptors (Lipinski definition) is 6. The van der Waals surface area contributed by atoms with E-state index in [2.05, 4.69) is 57.2 Å². The van der Waals surface area contributed by atoms with Gasteiger partial charge in [-0.2, -0.15) is 0 Å². The largest absolute Gasteiger partial charge is 0.393 e. The molecule has 0 aromatic carbocycles. The Kier molecular flexibility index (Phi) is 43.9. The average molecular weight is 885 g/mol. The molecule has 0 spiro atoms. The predicted octanol–water partition coefficient (Wildman–Crippen LogP) is 16.3. The highest BCUT2D eigenvalue weighted by molar-refractivity contribution is 6.16. The molecule has 0 aliphatic carbocycles. The van der Waals surface area contributed by atoms with Crippen molar-refractivity contribution in [1.29, 1.82) is 0 Å². The van der Waals surface area contributed by atoms with Gasteiger partial charge in [0.15, 0.2) is 23.0 Å². The molecule has 0 amide bonds. The Bertz CT molecular complexity index is 1090. The zero-order valence-corrected chi connectivity index (χ0v) is 41.9. The number of allylic oxidation sites excluding steroid dienone is 6. The molecule has 6 heteroatoms. The quantitative estimate of drug-likeness (QED) is 0.0319. The van der Waals surface area contributed by atoms with Crippen LogP contribution in [0.2, 0.25) is 0 Å². The van der Waals surface area contributed by atoms with E-state index in [1.54, 1.807) is 0 Å². The van der Waals surface area contributed by atoms with Gasteiger partial charge < -0.3 is 15.3 Å². The van der Waals surface area contributed by atoms with E-state index in [4.69, 9.17) is 0 Å². The Morgan fingerprint density at radius 1 is 0.317 bits per heavy atom. The number of aliphatic hydroxyl groups excluding tert-OH is 1. The third-order valence-corrected chi connectivity index (χ3v) is 13.1. The van der Waals surface area contributed by atoms with E-state index in [0.717, 1.165) is 116 Å². The van der Waals surface area contributed by atoms with Gasteiger partial charge in [0.05, 0.1) is 6.61 Å². The van der Waals surface area contributed by atoms with E-state index >= 15 is 0 Å². The number of carbonyl (C=O) groups is 3. The molecule has 3 N–H and O–H groups in total. The molecule has 0 aliphatic heterocycles. The van der Waals surface area contributed by atoms with Gasteiger partial charge in [0.2, 0.25) is 5.60 Å². The summed E-state index contributed by atoms with van der Waals surface area (Å²) in [4.78, 5) is 41.2. The lowest BCUT2D eigenvalue weighted by Crippen LogP contribution is -2.69. The molecule has 0 radical (unpaired) electrons. The van der Waals surface area contributed by atoms with Crippen LogP contribution in [0.1, 0.15) is 290 Å². The number of hydrogen-bond donors (Lipinski definition) is 3. The zero-order chi connectivity index (χ0) is 46.4. The first kappa shape index (κ1) is 61.1. The first-order chi connectivity index (χ1) is 30.8. The summed E-state index contributed by atoms with van der Waals surface area (Å²) in [6.07, 6.45) is 56.4. The van der Waals surface area contributed by atoms with Gasteiger partial charge in [-0.1, -0.05) is 211 Å². The van der Waals surface area contributed by atoms with Gasteiger partial charge in [-0.3, -0.25) is 14.4 Å². The van der Waals surface area contributed by atoms with Crippen molar-refractivity contribution in [3.05, 3.63) is 36.5 Å². The molecule has 0 saturated carbocycles. The van der Waals surface area contributed by atoms with Crippen molar-refractivity contribution in [2.45, 2.75) is 302 Å². The highest BCUT2D eigenvalue weighted by Crippen LogP contribution is 2.32. The molecule has 0 aromatic rings. The maximum atomic E-state index is 13.8. The van der Waals surface area contributed by atoms with Crippen molar-refractivity contribution in [2.24, 2.45) is 0 Å². The molecule has 1 atom stereocenters. The number of carbonyl (C=O) groups excluding carboxylic acids is 3. The Balaban J connectivity index is 4.98. The van der Waals surface area contributed by atoms with Crippen molar-refractivity contribution in [3.63, 3.8) is 0 Å². The first-order valence-electron chi connectivity index (χ1n) is 27.4. The van der Waals surface area contributed by atoms with Crippen LogP contribution in [0.15, 0.2) is 36.5 Å². The van der Waals surface area contributed by atoms with Gasteiger partial charge >= 0.3 is 0 Å². The summed E-state index contributed by atoms with van der Waals surface area (Å²) in [6.45, 7) is 5.57. The highest BCUT2D eigenvalue weighted by atomic mass is 16.4. The molecule has 0 saturated heterocycles. The normalized spacial score (nSPS) is 14.0. The second kappa shape index (κ2) is 45.3. The van der Waals surface area contributed by atoms with Crippen LogP contribution in [0.3, 0.4) is 0 Å². The van der Waals surface area contributed by atoms with E-state index in [-0.39, 0.29) is 19.3 Å². The summed E-state index contributed by atoms with van der Waals surface area (Å²) in [7, 11) is 0. The molecular weight excluding hydrogens is 781 g/mol. The van der Waals surface area contributed by atoms with Crippen molar-refractivity contribution in [1.82, 2.24) is 0 Å². The highest BCUT2D eigenvalue weighted by Gasteiger charge is 2.62. The lowest BCUT2D eigenvalue weighted by Gasteiger charge is -2.39. The van der Waals surface area contributed by atoms with Gasteiger partial charge in [0.1, 0.15) is 0 Å². The van der Waals surface area contributed by atoms with Gasteiger partial charge in [0, 0.05) is 19.3 Å². The van der Waals surface area contributed by atoms with E-state index in [1.165, 1.54) is 116 Å². The van der Waals surface area contributed by atoms with E-state index < -0.39 is 35.2 Å². The maximum absolute atomic E-state index is 13.8. The summed E-state index contributed by atoms with van der Waals surface area (Å²) in [5.41, 5.74) is -5.78. The second-order valence-electron chi connectivity index (χ2n) is 19.0. The van der Waals surface area contributed by atoms with Crippen LogP contribution in [0, 0.1) is 0 Å². The lowest BCUT2D eigenvalue weighted by molar-refractivity contribution is -0.194. The van der Waals surface area contributed by atoms with Crippen LogP contribution in [0.5, 0.6) is 0 Å². The second-order valence-corrected chi connectivity index (χ2v) is 19.0. The Morgan fingerprint density at radius 2 is 0.524 bits per heavy atom. The number of unbranched alkanes of at least 4 members (excludes halogenated alkanes) is 33. The maximum Gasteiger partial charge on any atom is 0.219 e. The number of aliphatic hydroxyl groups is 3. The summed E-state index contributed by atoms with van der Waals surface area (Å²) in [5.74, 6) is -2.50. The molecule has 0 aliphatic rings. The third kappa shape index (κ3) is 32.4. The molecule has 6 nitrogen and oxygen atoms in total. The molecule has 0 heterocycles. The van der Waals surface area contributed by atoms with Gasteiger partial charge in [-0.25, -0.2) is 0 Å². The van der Waals surface area contributed by atoms with Crippen LogP contribution >= 0.6 is 0 Å². The van der Waals surface area contributed by atoms with Crippen LogP contribution in [-0.2, 0) is 14.4 Å². The number of rotatable bonds is 50. The fourth-order valence-corrected chi connectivity index (χ4v) is 8.66. The minimum absolute atomic E-state index is 0.0983. The average Bonchev–Trinajstić information content (AvgIpc) is 3.29. The molecule has 1 unspecified atom stereocenters. The minimum atomic E-state index is -2.94. The number of Topliss-reactive ketones (excluding diaryl/α,β-unsaturated/α-hetero) is 3. The summed E-state index contributed by atoms with van der Waals surface area (Å²) in [6, 6.07) is 0. The van der Waals surface area contributed by atoms with Crippen molar-refractivity contribution in [2.75, 3.05) is 6.61 Å². The van der Waals surface area contributed by atoms with Crippen molar-refractivity contribution >= 4 is 17.3 Å². The fourth-order valence-electron chi connectivity index (χ4n) is 8.66. The van der Waals surface area contributed by atoms with Crippen LogP contribution in [0.25, 0.3) is 0 Å². The first-order valence-corrected chi connectivity index (χ1v) is 27.4. The zero-order valence-electron chi connectivity index (χ0n) is 41.9. The van der Waals surface area contributed by atoms with Crippen LogP contribution in [-0.4, -0.2) is 50.5 Å². The van der Waals surface area contributed by atoms with Gasteiger partial charge in [0.25, 0.3) is 0 Å². The molecule has 0 fully saturated rings. The van der Waals surface area contributed by atoms with Crippen LogP contribution in [0.4, 0.5) is 0 Å². The summed E-state index contributed by atoms with van der Waals surface area (Å²) < 4.78 is 0. The lowest BCUT2D eigenvalue weighted by atomic mass is 9.71. The molecule has 0 rings (SSSR count). The molecule has 63 heavy (non-hydrogen) atoms. The van der Waals surface area contributed by atoms with Crippen molar-refractivity contribution < 1.29 is 29.7 Å². The Morgan fingerprint density at radius 3 is 0.762 bits per heavy atom. The van der Waals surface area contributed by atoms with Crippen LogP contribution < -0.4 is 0 Å².